The van der Waals surface area contributed by atoms with Gasteiger partial charge in [0.25, 0.3) is 5.91 Å². The summed E-state index contributed by atoms with van der Waals surface area (Å²) in [4.78, 5) is 16.8. The van der Waals surface area contributed by atoms with Crippen LogP contribution < -0.4 is 14.8 Å². The van der Waals surface area contributed by atoms with Crippen LogP contribution in [0.15, 0.2) is 47.6 Å². The molecule has 1 N–H and O–H groups in total. The van der Waals surface area contributed by atoms with E-state index in [0.29, 0.717) is 29.7 Å². The molecule has 0 aliphatic carbocycles. The zero-order valence-corrected chi connectivity index (χ0v) is 15.5. The second-order valence-corrected chi connectivity index (χ2v) is 5.69. The van der Waals surface area contributed by atoms with Gasteiger partial charge in [-0.1, -0.05) is 28.9 Å². The highest BCUT2D eigenvalue weighted by molar-refractivity contribution is 6.30. The molecule has 0 saturated carbocycles. The second-order valence-electron chi connectivity index (χ2n) is 5.25. The fourth-order valence-electron chi connectivity index (χ4n) is 2.09. The van der Waals surface area contributed by atoms with E-state index >= 15 is 0 Å². The Labute approximate surface area is 157 Å². The Balaban J connectivity index is 1.77. The van der Waals surface area contributed by atoms with Gasteiger partial charge in [-0.3, -0.25) is 4.79 Å². The number of amides is 1. The maximum atomic E-state index is 11.7. The van der Waals surface area contributed by atoms with Gasteiger partial charge in [0.05, 0.1) is 19.9 Å². The third kappa shape index (κ3) is 6.29. The van der Waals surface area contributed by atoms with Gasteiger partial charge in [-0.05, 0) is 42.8 Å². The number of hydrogen-bond acceptors (Lipinski definition) is 5. The molecule has 6 nitrogen and oxygen atoms in total. The molecule has 0 radical (unpaired) electrons. The van der Waals surface area contributed by atoms with E-state index in [-0.39, 0.29) is 12.5 Å². The molecule has 2 aromatic carbocycles. The predicted molar refractivity (Wildman–Crippen MR) is 101 cm³/mol. The van der Waals surface area contributed by atoms with Crippen LogP contribution >= 0.6 is 11.6 Å². The van der Waals surface area contributed by atoms with Crippen LogP contribution in [0.5, 0.6) is 11.5 Å². The third-order valence-electron chi connectivity index (χ3n) is 3.36. The maximum absolute atomic E-state index is 11.7. The topological polar surface area (TPSA) is 69.2 Å². The highest BCUT2D eigenvalue weighted by Gasteiger charge is 2.05. The van der Waals surface area contributed by atoms with Gasteiger partial charge in [-0.25, -0.2) is 0 Å². The van der Waals surface area contributed by atoms with Gasteiger partial charge >= 0.3 is 0 Å². The number of hydrogen-bond donors (Lipinski definition) is 1. The van der Waals surface area contributed by atoms with Crippen molar-refractivity contribution < 1.29 is 19.1 Å². The fourth-order valence-corrected chi connectivity index (χ4v) is 2.21. The van der Waals surface area contributed by atoms with Gasteiger partial charge < -0.3 is 19.6 Å². The van der Waals surface area contributed by atoms with Crippen LogP contribution in [0.25, 0.3) is 0 Å². The highest BCUT2D eigenvalue weighted by Crippen LogP contribution is 2.27. The number of oxime groups is 1. The summed E-state index contributed by atoms with van der Waals surface area (Å²) in [6.45, 7) is 2.69. The van der Waals surface area contributed by atoms with Gasteiger partial charge in [-0.2, -0.15) is 0 Å². The van der Waals surface area contributed by atoms with Crippen molar-refractivity contribution in [2.45, 2.75) is 13.5 Å². The zero-order chi connectivity index (χ0) is 18.8. The van der Waals surface area contributed by atoms with E-state index in [0.717, 1.165) is 11.1 Å². The van der Waals surface area contributed by atoms with E-state index in [2.05, 4.69) is 10.5 Å². The van der Waals surface area contributed by atoms with E-state index in [1.165, 1.54) is 6.21 Å². The van der Waals surface area contributed by atoms with Crippen LogP contribution in [0.3, 0.4) is 0 Å². The van der Waals surface area contributed by atoms with Crippen molar-refractivity contribution in [1.82, 2.24) is 5.32 Å². The number of ether oxygens (including phenoxy) is 2. The maximum Gasteiger partial charge on any atom is 0.261 e. The number of nitrogens with one attached hydrogen (secondary N) is 1. The van der Waals surface area contributed by atoms with Gasteiger partial charge in [0, 0.05) is 17.1 Å². The summed E-state index contributed by atoms with van der Waals surface area (Å²) in [5.74, 6) is 1.01. The molecule has 0 saturated heterocycles. The van der Waals surface area contributed by atoms with E-state index in [1.807, 2.05) is 25.1 Å². The largest absolute Gasteiger partial charge is 0.493 e. The Morgan fingerprint density at radius 1 is 1.19 bits per heavy atom. The SMILES string of the molecule is CCOc1ccc(/C=N/OCC(=O)NCc2ccc(Cl)cc2)cc1OC. The van der Waals surface area contributed by atoms with Crippen molar-refractivity contribution in [2.75, 3.05) is 20.3 Å². The van der Waals surface area contributed by atoms with Crippen LogP contribution in [0, 0.1) is 0 Å². The molecule has 26 heavy (non-hydrogen) atoms. The number of halogens is 1. The summed E-state index contributed by atoms with van der Waals surface area (Å²) < 4.78 is 10.7. The minimum absolute atomic E-state index is 0.168. The Kier molecular flexibility index (Phi) is 7.76. The summed E-state index contributed by atoms with van der Waals surface area (Å²) in [5, 5.41) is 7.20. The lowest BCUT2D eigenvalue weighted by atomic mass is 10.2. The monoisotopic (exact) mass is 376 g/mol. The summed E-state index contributed by atoms with van der Waals surface area (Å²) in [6.07, 6.45) is 1.50. The predicted octanol–water partition coefficient (Wildman–Crippen LogP) is 3.41. The normalized spacial score (nSPS) is 10.6. The lowest BCUT2D eigenvalue weighted by Crippen LogP contribution is -2.26. The number of nitrogens with zero attached hydrogens (tertiary/aromatic N) is 1. The van der Waals surface area contributed by atoms with Crippen LogP contribution in [0.4, 0.5) is 0 Å². The molecule has 0 heterocycles. The summed E-state index contributed by atoms with van der Waals surface area (Å²) in [7, 11) is 1.57. The standard InChI is InChI=1S/C19H21ClN2O4/c1-3-25-17-9-6-15(10-18(17)24-2)12-22-26-13-19(23)21-11-14-4-7-16(20)8-5-14/h4-10,12H,3,11,13H2,1-2H3,(H,21,23)/b22-12+. The Hall–Kier alpha value is -2.73. The van der Waals surface area contributed by atoms with E-state index < -0.39 is 0 Å². The van der Waals surface area contributed by atoms with Crippen molar-refractivity contribution in [3.05, 3.63) is 58.6 Å². The van der Waals surface area contributed by atoms with Crippen LogP contribution in [0.2, 0.25) is 5.02 Å². The molecule has 0 atom stereocenters. The summed E-state index contributed by atoms with van der Waals surface area (Å²) in [6, 6.07) is 12.6. The summed E-state index contributed by atoms with van der Waals surface area (Å²) in [5.41, 5.74) is 1.72. The molecule has 7 heteroatoms. The molecule has 138 valence electrons. The Morgan fingerprint density at radius 3 is 2.65 bits per heavy atom. The molecule has 2 rings (SSSR count). The first-order valence-electron chi connectivity index (χ1n) is 8.09. The number of carbonyl (C=O) groups excluding carboxylic acids is 1. The van der Waals surface area contributed by atoms with Crippen molar-refractivity contribution in [3.8, 4) is 11.5 Å². The molecule has 0 bridgehead atoms. The van der Waals surface area contributed by atoms with Crippen LogP contribution in [-0.2, 0) is 16.2 Å². The quantitative estimate of drug-likeness (QED) is 0.538. The molecular weight excluding hydrogens is 356 g/mol. The lowest BCUT2D eigenvalue weighted by molar-refractivity contribution is -0.125. The van der Waals surface area contributed by atoms with Crippen molar-refractivity contribution >= 4 is 23.7 Å². The molecule has 1 amide bonds. The first kappa shape index (κ1) is 19.6. The number of rotatable bonds is 9. The van der Waals surface area contributed by atoms with Gasteiger partial charge in [0.1, 0.15) is 0 Å². The van der Waals surface area contributed by atoms with E-state index in [4.69, 9.17) is 25.9 Å². The van der Waals surface area contributed by atoms with Crippen molar-refractivity contribution in [3.63, 3.8) is 0 Å². The number of methoxy groups -OCH3 is 1. The lowest BCUT2D eigenvalue weighted by Gasteiger charge is -2.09. The highest BCUT2D eigenvalue weighted by atomic mass is 35.5. The smallest absolute Gasteiger partial charge is 0.261 e. The minimum Gasteiger partial charge on any atom is -0.493 e. The molecular formula is C19H21ClN2O4. The fraction of sp³-hybridized carbons (Fsp3) is 0.263. The van der Waals surface area contributed by atoms with Crippen molar-refractivity contribution in [2.24, 2.45) is 5.16 Å². The Bertz CT molecular complexity index is 748. The average Bonchev–Trinajstić information content (AvgIpc) is 2.66. The zero-order valence-electron chi connectivity index (χ0n) is 14.7. The number of carbonyl (C=O) groups is 1. The van der Waals surface area contributed by atoms with Gasteiger partial charge in [0.15, 0.2) is 18.1 Å². The summed E-state index contributed by atoms with van der Waals surface area (Å²) >= 11 is 5.81. The van der Waals surface area contributed by atoms with Gasteiger partial charge in [-0.15, -0.1) is 0 Å². The first-order valence-corrected chi connectivity index (χ1v) is 8.47. The first-order chi connectivity index (χ1) is 12.6. The molecule has 0 fully saturated rings. The van der Waals surface area contributed by atoms with Crippen molar-refractivity contribution in [1.29, 1.82) is 0 Å². The molecule has 0 unspecified atom stereocenters. The van der Waals surface area contributed by atoms with E-state index in [1.54, 1.807) is 31.4 Å². The molecule has 0 spiro atoms. The molecule has 2 aromatic rings. The minimum atomic E-state index is -0.263. The number of benzene rings is 2. The second kappa shape index (κ2) is 10.3. The van der Waals surface area contributed by atoms with Gasteiger partial charge in [0.2, 0.25) is 0 Å². The van der Waals surface area contributed by atoms with Crippen LogP contribution in [0.1, 0.15) is 18.1 Å². The average molecular weight is 377 g/mol. The van der Waals surface area contributed by atoms with Crippen LogP contribution in [-0.4, -0.2) is 32.4 Å². The molecule has 0 aromatic heterocycles. The van der Waals surface area contributed by atoms with E-state index in [9.17, 15) is 4.79 Å². The Morgan fingerprint density at radius 2 is 1.96 bits per heavy atom. The molecule has 0 aliphatic rings. The molecule has 0 aliphatic heterocycles. The third-order valence-corrected chi connectivity index (χ3v) is 3.61.